The molecule has 0 aliphatic carbocycles. The van der Waals surface area contributed by atoms with Crippen LogP contribution in [-0.2, 0) is 0 Å². The van der Waals surface area contributed by atoms with Crippen LogP contribution in [0.25, 0.3) is 0 Å². The van der Waals surface area contributed by atoms with Gasteiger partial charge in [0, 0.05) is 11.1 Å². The molecule has 0 amide bonds. The third-order valence-electron chi connectivity index (χ3n) is 3.27. The summed E-state index contributed by atoms with van der Waals surface area (Å²) >= 11 is 6.23. The highest BCUT2D eigenvalue weighted by atomic mass is 35.5. The molecule has 0 spiro atoms. The Morgan fingerprint density at radius 1 is 1.22 bits per heavy atom. The highest BCUT2D eigenvalue weighted by molar-refractivity contribution is 6.31. The van der Waals surface area contributed by atoms with E-state index in [4.69, 9.17) is 11.6 Å². The Labute approximate surface area is 117 Å². The maximum absolute atomic E-state index is 6.23. The van der Waals surface area contributed by atoms with E-state index in [-0.39, 0.29) is 0 Å². The third kappa shape index (κ3) is 4.99. The Morgan fingerprint density at radius 2 is 1.94 bits per heavy atom. The van der Waals surface area contributed by atoms with E-state index >= 15 is 0 Å². The normalized spacial score (nSPS) is 13.0. The predicted molar refractivity (Wildman–Crippen MR) is 81.3 cm³/mol. The van der Waals surface area contributed by atoms with Crippen LogP contribution in [0.5, 0.6) is 0 Å². The molecule has 0 aromatic heterocycles. The largest absolute Gasteiger partial charge is 0.310 e. The topological polar surface area (TPSA) is 12.0 Å². The van der Waals surface area contributed by atoms with Crippen LogP contribution in [0, 0.1) is 12.8 Å². The van der Waals surface area contributed by atoms with Gasteiger partial charge in [-0.25, -0.2) is 0 Å². The number of aryl methyl sites for hydroxylation is 1. The summed E-state index contributed by atoms with van der Waals surface area (Å²) in [6, 6.07) is 6.87. The average molecular weight is 268 g/mol. The second-order valence-electron chi connectivity index (χ2n) is 5.49. The van der Waals surface area contributed by atoms with E-state index in [1.165, 1.54) is 18.4 Å². The molecule has 1 unspecified atom stereocenters. The highest BCUT2D eigenvalue weighted by Crippen LogP contribution is 2.25. The van der Waals surface area contributed by atoms with Crippen LogP contribution in [0.1, 0.15) is 57.2 Å². The van der Waals surface area contributed by atoms with Gasteiger partial charge in [-0.2, -0.15) is 0 Å². The van der Waals surface area contributed by atoms with Crippen molar-refractivity contribution < 1.29 is 0 Å². The molecule has 0 aliphatic heterocycles. The second-order valence-corrected chi connectivity index (χ2v) is 5.89. The Balaban J connectivity index is 2.76. The van der Waals surface area contributed by atoms with Crippen LogP contribution in [0.15, 0.2) is 18.2 Å². The molecule has 1 aromatic carbocycles. The molecule has 1 rings (SSSR count). The summed E-state index contributed by atoms with van der Waals surface area (Å²) in [6.07, 6.45) is 3.59. The molecular formula is C16H26ClN. The number of halogens is 1. The molecule has 1 N–H and O–H groups in total. The number of hydrogen-bond acceptors (Lipinski definition) is 1. The summed E-state index contributed by atoms with van der Waals surface area (Å²) in [5.74, 6) is 0.747. The van der Waals surface area contributed by atoms with Gasteiger partial charge in [0.15, 0.2) is 0 Å². The SMILES string of the molecule is CCCNC(CCC(C)C)c1ccc(C)c(Cl)c1. The fourth-order valence-corrected chi connectivity index (χ4v) is 2.22. The van der Waals surface area contributed by atoms with Gasteiger partial charge >= 0.3 is 0 Å². The van der Waals surface area contributed by atoms with E-state index in [2.05, 4.69) is 51.2 Å². The van der Waals surface area contributed by atoms with Gasteiger partial charge in [0.25, 0.3) is 0 Å². The van der Waals surface area contributed by atoms with Crippen LogP contribution >= 0.6 is 11.6 Å². The van der Waals surface area contributed by atoms with E-state index < -0.39 is 0 Å². The first kappa shape index (κ1) is 15.5. The highest BCUT2D eigenvalue weighted by Gasteiger charge is 2.12. The lowest BCUT2D eigenvalue weighted by Crippen LogP contribution is -2.22. The van der Waals surface area contributed by atoms with Crippen molar-refractivity contribution >= 4 is 11.6 Å². The quantitative estimate of drug-likeness (QED) is 0.723. The van der Waals surface area contributed by atoms with Crippen LogP contribution in [0.3, 0.4) is 0 Å². The summed E-state index contributed by atoms with van der Waals surface area (Å²) in [5.41, 5.74) is 2.47. The Bertz CT molecular complexity index is 360. The fraction of sp³-hybridized carbons (Fsp3) is 0.625. The van der Waals surface area contributed by atoms with Crippen LogP contribution in [-0.4, -0.2) is 6.54 Å². The third-order valence-corrected chi connectivity index (χ3v) is 3.68. The van der Waals surface area contributed by atoms with E-state index in [1.807, 2.05) is 0 Å². The van der Waals surface area contributed by atoms with Crippen molar-refractivity contribution in [2.24, 2.45) is 5.92 Å². The fourth-order valence-electron chi connectivity index (χ4n) is 2.03. The predicted octanol–water partition coefficient (Wildman–Crippen LogP) is 5.13. The van der Waals surface area contributed by atoms with Gasteiger partial charge in [0.05, 0.1) is 0 Å². The smallest absolute Gasteiger partial charge is 0.0438 e. The van der Waals surface area contributed by atoms with Gasteiger partial charge in [0.1, 0.15) is 0 Å². The maximum Gasteiger partial charge on any atom is 0.0438 e. The standard InChI is InChI=1S/C16H26ClN/c1-5-10-18-16(9-6-12(2)3)14-8-7-13(4)15(17)11-14/h7-8,11-12,16,18H,5-6,9-10H2,1-4H3. The molecule has 0 saturated heterocycles. The molecule has 0 aliphatic rings. The van der Waals surface area contributed by atoms with E-state index in [1.54, 1.807) is 0 Å². The molecule has 18 heavy (non-hydrogen) atoms. The van der Waals surface area contributed by atoms with Gasteiger partial charge in [0.2, 0.25) is 0 Å². The summed E-state index contributed by atoms with van der Waals surface area (Å²) in [5, 5.41) is 4.50. The molecule has 1 aromatic rings. The van der Waals surface area contributed by atoms with Crippen LogP contribution < -0.4 is 5.32 Å². The molecule has 0 saturated carbocycles. The molecule has 0 fully saturated rings. The van der Waals surface area contributed by atoms with Crippen molar-refractivity contribution in [1.29, 1.82) is 0 Å². The van der Waals surface area contributed by atoms with Gasteiger partial charge in [-0.05, 0) is 55.8 Å². The average Bonchev–Trinajstić information content (AvgIpc) is 2.33. The zero-order chi connectivity index (χ0) is 13.5. The minimum absolute atomic E-state index is 0.436. The first-order valence-corrected chi connectivity index (χ1v) is 7.41. The molecule has 1 atom stereocenters. The number of nitrogens with one attached hydrogen (secondary N) is 1. The summed E-state index contributed by atoms with van der Waals surface area (Å²) < 4.78 is 0. The first-order valence-electron chi connectivity index (χ1n) is 7.04. The second kappa shape index (κ2) is 7.81. The Hall–Kier alpha value is -0.530. The zero-order valence-electron chi connectivity index (χ0n) is 12.1. The summed E-state index contributed by atoms with van der Waals surface area (Å²) in [7, 11) is 0. The summed E-state index contributed by atoms with van der Waals surface area (Å²) in [4.78, 5) is 0. The Morgan fingerprint density at radius 3 is 2.50 bits per heavy atom. The lowest BCUT2D eigenvalue weighted by molar-refractivity contribution is 0.440. The van der Waals surface area contributed by atoms with Crippen molar-refractivity contribution in [2.45, 2.75) is 53.0 Å². The molecule has 2 heteroatoms. The minimum atomic E-state index is 0.436. The van der Waals surface area contributed by atoms with Gasteiger partial charge < -0.3 is 5.32 Å². The summed E-state index contributed by atoms with van der Waals surface area (Å²) in [6.45, 7) is 9.87. The molecule has 0 heterocycles. The first-order chi connectivity index (χ1) is 8.54. The lowest BCUT2D eigenvalue weighted by Gasteiger charge is -2.20. The molecule has 102 valence electrons. The van der Waals surface area contributed by atoms with Crippen LogP contribution in [0.4, 0.5) is 0 Å². The van der Waals surface area contributed by atoms with E-state index in [0.29, 0.717) is 6.04 Å². The minimum Gasteiger partial charge on any atom is -0.310 e. The van der Waals surface area contributed by atoms with Gasteiger partial charge in [-0.15, -0.1) is 0 Å². The van der Waals surface area contributed by atoms with Crippen molar-refractivity contribution in [3.05, 3.63) is 34.3 Å². The zero-order valence-corrected chi connectivity index (χ0v) is 12.8. The molecule has 1 nitrogen and oxygen atoms in total. The van der Waals surface area contributed by atoms with Gasteiger partial charge in [-0.1, -0.05) is 44.5 Å². The van der Waals surface area contributed by atoms with Crippen LogP contribution in [0.2, 0.25) is 5.02 Å². The monoisotopic (exact) mass is 267 g/mol. The number of benzene rings is 1. The van der Waals surface area contributed by atoms with Crippen molar-refractivity contribution in [3.8, 4) is 0 Å². The molecule has 0 bridgehead atoms. The van der Waals surface area contributed by atoms with E-state index in [9.17, 15) is 0 Å². The Kier molecular flexibility index (Phi) is 6.73. The van der Waals surface area contributed by atoms with Gasteiger partial charge in [-0.3, -0.25) is 0 Å². The lowest BCUT2D eigenvalue weighted by atomic mass is 9.97. The van der Waals surface area contributed by atoms with Crippen molar-refractivity contribution in [2.75, 3.05) is 6.54 Å². The number of rotatable bonds is 7. The van der Waals surface area contributed by atoms with Crippen molar-refractivity contribution in [1.82, 2.24) is 5.32 Å². The number of hydrogen-bond donors (Lipinski definition) is 1. The maximum atomic E-state index is 6.23. The van der Waals surface area contributed by atoms with Crippen molar-refractivity contribution in [3.63, 3.8) is 0 Å². The van der Waals surface area contributed by atoms with E-state index in [0.717, 1.165) is 29.5 Å². The molecule has 0 radical (unpaired) electrons. The molecular weight excluding hydrogens is 242 g/mol.